The van der Waals surface area contributed by atoms with E-state index in [2.05, 4.69) is 38.8 Å². The van der Waals surface area contributed by atoms with Crippen LogP contribution in [0, 0.1) is 5.92 Å². The van der Waals surface area contributed by atoms with Crippen molar-refractivity contribution in [3.63, 3.8) is 0 Å². The molecule has 2 aromatic rings. The molecule has 2 heterocycles. The van der Waals surface area contributed by atoms with Crippen LogP contribution in [0.2, 0.25) is 5.02 Å². The van der Waals surface area contributed by atoms with Gasteiger partial charge in [-0.1, -0.05) is 31.5 Å². The van der Waals surface area contributed by atoms with E-state index in [1.165, 1.54) is 7.11 Å². The highest BCUT2D eigenvalue weighted by molar-refractivity contribution is 6.33. The molecular weight excluding hydrogens is 446 g/mol. The molecule has 33 heavy (non-hydrogen) atoms. The lowest BCUT2D eigenvalue weighted by Crippen LogP contribution is -2.34. The number of nitrogens with one attached hydrogen (secondary N) is 1. The lowest BCUT2D eigenvalue weighted by molar-refractivity contribution is -0.125. The predicted molar refractivity (Wildman–Crippen MR) is 126 cm³/mol. The third-order valence-electron chi connectivity index (χ3n) is 5.74. The Bertz CT molecular complexity index is 949. The van der Waals surface area contributed by atoms with Crippen molar-refractivity contribution in [3.05, 3.63) is 34.4 Å². The predicted octanol–water partition coefficient (Wildman–Crippen LogP) is 2.86. The second kappa shape index (κ2) is 11.7. The molecule has 1 amide bonds. The van der Waals surface area contributed by atoms with E-state index in [4.69, 9.17) is 25.8 Å². The number of carbonyl (C=O) groups is 1. The average molecular weight is 480 g/mol. The molecule has 0 saturated carbocycles. The molecule has 1 aromatic carbocycles. The molecule has 3 rings (SSSR count). The molecule has 1 aliphatic heterocycles. The van der Waals surface area contributed by atoms with Crippen LogP contribution in [0.3, 0.4) is 0 Å². The molecule has 1 atom stereocenters. The number of aromatic nitrogens is 3. The van der Waals surface area contributed by atoms with E-state index in [1.807, 2.05) is 12.1 Å². The van der Waals surface area contributed by atoms with E-state index >= 15 is 0 Å². The van der Waals surface area contributed by atoms with Crippen molar-refractivity contribution in [1.29, 1.82) is 0 Å². The second-order valence-corrected chi connectivity index (χ2v) is 8.99. The largest absolute Gasteiger partial charge is 0.493 e. The standard InChI is InChI=1S/C23H34ClN5O4/c1-15(2)12-17(25-20(30)14-31-3)23-27-26-19-8-9-28(10-11-29(19)23)13-16-6-7-18(32-4)22(33-5)21(16)24/h6-7,15,17H,8-14H2,1-5H3,(H,25,30)/t17-/m1/s1. The number of amides is 1. The van der Waals surface area contributed by atoms with Gasteiger partial charge in [-0.05, 0) is 24.0 Å². The normalized spacial score (nSPS) is 15.1. The van der Waals surface area contributed by atoms with Crippen molar-refractivity contribution in [2.75, 3.05) is 41.0 Å². The fourth-order valence-corrected chi connectivity index (χ4v) is 4.46. The Morgan fingerprint density at radius 2 is 1.94 bits per heavy atom. The molecule has 0 radical (unpaired) electrons. The Morgan fingerprint density at radius 1 is 1.15 bits per heavy atom. The molecule has 9 nitrogen and oxygen atoms in total. The van der Waals surface area contributed by atoms with Crippen LogP contribution in [0.5, 0.6) is 11.5 Å². The summed E-state index contributed by atoms with van der Waals surface area (Å²) in [5.74, 6) is 3.13. The molecule has 0 fully saturated rings. The maximum Gasteiger partial charge on any atom is 0.246 e. The van der Waals surface area contributed by atoms with Gasteiger partial charge in [0.05, 0.1) is 25.3 Å². The summed E-state index contributed by atoms with van der Waals surface area (Å²) in [7, 11) is 4.70. The van der Waals surface area contributed by atoms with Crippen molar-refractivity contribution >= 4 is 17.5 Å². The molecule has 182 valence electrons. The fourth-order valence-electron chi connectivity index (χ4n) is 4.17. The Morgan fingerprint density at radius 3 is 2.61 bits per heavy atom. The Balaban J connectivity index is 1.75. The summed E-state index contributed by atoms with van der Waals surface area (Å²) in [6.07, 6.45) is 1.54. The SMILES string of the molecule is COCC(=O)N[C@H](CC(C)C)c1nnc2n1CCN(Cc1ccc(OC)c(OC)c1Cl)CC2. The van der Waals surface area contributed by atoms with Crippen molar-refractivity contribution in [3.8, 4) is 11.5 Å². The minimum absolute atomic E-state index is 0.0233. The topological polar surface area (TPSA) is 90.7 Å². The molecule has 0 unspecified atom stereocenters. The monoisotopic (exact) mass is 479 g/mol. The van der Waals surface area contributed by atoms with Crippen LogP contribution < -0.4 is 14.8 Å². The Kier molecular flexibility index (Phi) is 8.94. The number of nitrogens with zero attached hydrogens (tertiary/aromatic N) is 4. The van der Waals surface area contributed by atoms with Crippen LogP contribution in [0.1, 0.15) is 43.5 Å². The molecule has 0 spiro atoms. The summed E-state index contributed by atoms with van der Waals surface area (Å²) in [6, 6.07) is 3.65. The summed E-state index contributed by atoms with van der Waals surface area (Å²) < 4.78 is 17.9. The molecule has 1 aromatic heterocycles. The van der Waals surface area contributed by atoms with Crippen LogP contribution in [0.25, 0.3) is 0 Å². The molecule has 0 aliphatic carbocycles. The van der Waals surface area contributed by atoms with E-state index in [-0.39, 0.29) is 18.6 Å². The van der Waals surface area contributed by atoms with Crippen molar-refractivity contribution in [1.82, 2.24) is 25.0 Å². The summed E-state index contributed by atoms with van der Waals surface area (Å²) in [5.41, 5.74) is 0.983. The first kappa shape index (κ1) is 25.3. The molecule has 1 N–H and O–H groups in total. The Labute approximate surface area is 200 Å². The summed E-state index contributed by atoms with van der Waals surface area (Å²) in [5, 5.41) is 12.5. The molecule has 10 heteroatoms. The third kappa shape index (κ3) is 6.16. The van der Waals surface area contributed by atoms with Gasteiger partial charge in [0.2, 0.25) is 5.91 Å². The highest BCUT2D eigenvalue weighted by Crippen LogP contribution is 2.37. The third-order valence-corrected chi connectivity index (χ3v) is 6.15. The fraction of sp³-hybridized carbons (Fsp3) is 0.609. The zero-order chi connectivity index (χ0) is 24.0. The number of carbonyl (C=O) groups excluding carboxylic acids is 1. The zero-order valence-electron chi connectivity index (χ0n) is 20.1. The maximum absolute atomic E-state index is 12.2. The summed E-state index contributed by atoms with van der Waals surface area (Å²) in [4.78, 5) is 14.6. The van der Waals surface area contributed by atoms with Gasteiger partial charge in [0.25, 0.3) is 0 Å². The lowest BCUT2D eigenvalue weighted by Gasteiger charge is -2.23. The van der Waals surface area contributed by atoms with Gasteiger partial charge in [0.1, 0.15) is 12.4 Å². The number of rotatable bonds is 10. The average Bonchev–Trinajstić information content (AvgIpc) is 3.08. The van der Waals surface area contributed by atoms with E-state index in [0.29, 0.717) is 29.0 Å². The number of hydrogen-bond acceptors (Lipinski definition) is 7. The number of ether oxygens (including phenoxy) is 3. The summed E-state index contributed by atoms with van der Waals surface area (Å²) >= 11 is 6.60. The van der Waals surface area contributed by atoms with Gasteiger partial charge in [0, 0.05) is 39.7 Å². The number of hydrogen-bond donors (Lipinski definition) is 1. The highest BCUT2D eigenvalue weighted by atomic mass is 35.5. The van der Waals surface area contributed by atoms with Gasteiger partial charge in [-0.2, -0.15) is 0 Å². The van der Waals surface area contributed by atoms with Crippen LogP contribution in [-0.4, -0.2) is 66.6 Å². The Hall–Kier alpha value is -2.36. The first-order chi connectivity index (χ1) is 15.9. The number of methoxy groups -OCH3 is 3. The van der Waals surface area contributed by atoms with Gasteiger partial charge >= 0.3 is 0 Å². The van der Waals surface area contributed by atoms with Gasteiger partial charge < -0.3 is 24.1 Å². The van der Waals surface area contributed by atoms with Crippen molar-refractivity contribution in [2.24, 2.45) is 5.92 Å². The molecule has 0 bridgehead atoms. The van der Waals surface area contributed by atoms with Crippen LogP contribution in [-0.2, 0) is 29.0 Å². The smallest absolute Gasteiger partial charge is 0.246 e. The zero-order valence-corrected chi connectivity index (χ0v) is 20.8. The molecular formula is C23H34ClN5O4. The van der Waals surface area contributed by atoms with Crippen molar-refractivity contribution < 1.29 is 19.0 Å². The number of benzene rings is 1. The van der Waals surface area contributed by atoms with Gasteiger partial charge in [0.15, 0.2) is 17.3 Å². The lowest BCUT2D eigenvalue weighted by atomic mass is 10.0. The van der Waals surface area contributed by atoms with Crippen LogP contribution in [0.15, 0.2) is 12.1 Å². The molecule has 0 saturated heterocycles. The quantitative estimate of drug-likeness (QED) is 0.560. The van der Waals surface area contributed by atoms with Gasteiger partial charge in [-0.3, -0.25) is 9.69 Å². The minimum Gasteiger partial charge on any atom is -0.493 e. The van der Waals surface area contributed by atoms with Crippen LogP contribution >= 0.6 is 11.6 Å². The maximum atomic E-state index is 12.2. The van der Waals surface area contributed by atoms with Crippen molar-refractivity contribution in [2.45, 2.75) is 45.8 Å². The highest BCUT2D eigenvalue weighted by Gasteiger charge is 2.26. The minimum atomic E-state index is -0.208. The summed E-state index contributed by atoms with van der Waals surface area (Å²) in [6.45, 7) is 7.34. The van der Waals surface area contributed by atoms with E-state index in [1.54, 1.807) is 14.2 Å². The first-order valence-corrected chi connectivity index (χ1v) is 11.6. The van der Waals surface area contributed by atoms with E-state index in [0.717, 1.165) is 49.7 Å². The van der Waals surface area contributed by atoms with Gasteiger partial charge in [-0.15, -0.1) is 10.2 Å². The number of halogens is 1. The second-order valence-electron chi connectivity index (χ2n) is 8.61. The van der Waals surface area contributed by atoms with E-state index in [9.17, 15) is 4.79 Å². The van der Waals surface area contributed by atoms with Crippen LogP contribution in [0.4, 0.5) is 0 Å². The first-order valence-electron chi connectivity index (χ1n) is 11.2. The van der Waals surface area contributed by atoms with E-state index < -0.39 is 0 Å². The molecule has 1 aliphatic rings. The number of fused-ring (bicyclic) bond motifs is 1. The van der Waals surface area contributed by atoms with Gasteiger partial charge in [-0.25, -0.2) is 0 Å².